The minimum atomic E-state index is -2.90. The number of nitrogens with zero attached hydrogens (tertiary/aromatic N) is 3. The van der Waals surface area contributed by atoms with E-state index in [1.807, 2.05) is 0 Å². The molecule has 0 spiro atoms. The van der Waals surface area contributed by atoms with Crippen molar-refractivity contribution in [1.29, 1.82) is 0 Å². The quantitative estimate of drug-likeness (QED) is 0.340. The zero-order valence-electron chi connectivity index (χ0n) is 21.7. The Kier molecular flexibility index (Phi) is 7.77. The van der Waals surface area contributed by atoms with Crippen molar-refractivity contribution >= 4 is 43.7 Å². The molecule has 41 heavy (non-hydrogen) atoms. The van der Waals surface area contributed by atoms with E-state index in [2.05, 4.69) is 20.9 Å². The van der Waals surface area contributed by atoms with Gasteiger partial charge in [-0.15, -0.1) is 6.42 Å². The zero-order chi connectivity index (χ0) is 29.3. The molecule has 2 fully saturated rings. The van der Waals surface area contributed by atoms with E-state index in [0.717, 1.165) is 0 Å². The number of furan rings is 1. The number of carboxylic acids is 1. The normalized spacial score (nSPS) is 18.8. The number of carboxylic acid groups (broad SMARTS) is 1. The molecular weight excluding hydrogens is 558 g/mol. The highest BCUT2D eigenvalue weighted by molar-refractivity contribution is 7.91. The highest BCUT2D eigenvalue weighted by Crippen LogP contribution is 2.37. The number of benzene rings is 1. The molecule has 1 atom stereocenters. The second-order valence-corrected chi connectivity index (χ2v) is 12.2. The summed E-state index contributed by atoms with van der Waals surface area (Å²) in [6.45, 7) is 0.419. The maximum absolute atomic E-state index is 13.2. The molecule has 0 saturated carbocycles. The molecule has 4 aromatic rings. The maximum Gasteiger partial charge on any atom is 0.326 e. The van der Waals surface area contributed by atoms with Gasteiger partial charge in [-0.05, 0) is 49.8 Å². The van der Waals surface area contributed by atoms with Gasteiger partial charge >= 0.3 is 5.97 Å². The number of anilines is 1. The van der Waals surface area contributed by atoms with Crippen molar-refractivity contribution in [2.75, 3.05) is 23.0 Å². The molecule has 0 radical (unpaired) electrons. The van der Waals surface area contributed by atoms with Crippen LogP contribution in [0, 0.1) is 12.3 Å². The Labute approximate surface area is 233 Å². The summed E-state index contributed by atoms with van der Waals surface area (Å²) in [6.07, 6.45) is 5.99. The fraction of sp³-hybridized carbons (Fsp3) is 0.357. The molecule has 0 unspecified atom stereocenters. The third-order valence-corrected chi connectivity index (χ3v) is 9.03. The highest BCUT2D eigenvalue weighted by atomic mass is 32.2. The maximum atomic E-state index is 13.2. The van der Waals surface area contributed by atoms with Crippen LogP contribution in [0.25, 0.3) is 22.1 Å². The molecule has 2 aliphatic heterocycles. The molecule has 10 nitrogen and oxygen atoms in total. The van der Waals surface area contributed by atoms with E-state index in [1.54, 1.807) is 30.3 Å². The molecular formula is C28H26F2N4O6S. The topological polar surface area (TPSA) is 146 Å². The molecule has 2 aliphatic rings. The molecule has 214 valence electrons. The minimum Gasteiger partial charge on any atom is -0.480 e. The summed E-state index contributed by atoms with van der Waals surface area (Å²) in [5.41, 5.74) is 2.08. The SMILES string of the molecule is C#Cc1c[nH]c(=O)c(C2CCS(=O)(=O)CC2)c1.O=C(O)[C@@H]1CCCN1c1nc(C(F)F)nc2c1oc1ccccc12. The van der Waals surface area contributed by atoms with Crippen molar-refractivity contribution in [3.05, 3.63) is 63.8 Å². The third-order valence-electron chi connectivity index (χ3n) is 7.32. The number of terminal acetylenes is 1. The summed E-state index contributed by atoms with van der Waals surface area (Å²) in [5.74, 6) is 1.25. The minimum absolute atomic E-state index is 0.00410. The van der Waals surface area contributed by atoms with Gasteiger partial charge in [0, 0.05) is 29.3 Å². The number of aromatic nitrogens is 3. The molecule has 5 heterocycles. The lowest BCUT2D eigenvalue weighted by Gasteiger charge is -2.22. The molecule has 2 saturated heterocycles. The predicted molar refractivity (Wildman–Crippen MR) is 148 cm³/mol. The third kappa shape index (κ3) is 5.78. The molecule has 1 aromatic carbocycles. The van der Waals surface area contributed by atoms with Gasteiger partial charge in [-0.3, -0.25) is 4.79 Å². The number of aliphatic carboxylic acids is 1. The van der Waals surface area contributed by atoms with Gasteiger partial charge in [0.05, 0.1) is 11.5 Å². The number of hydrogen-bond donors (Lipinski definition) is 2. The van der Waals surface area contributed by atoms with Crippen molar-refractivity contribution in [2.24, 2.45) is 0 Å². The summed E-state index contributed by atoms with van der Waals surface area (Å²) >= 11 is 0. The van der Waals surface area contributed by atoms with Crippen LogP contribution >= 0.6 is 0 Å². The Bertz CT molecular complexity index is 1810. The van der Waals surface area contributed by atoms with Crippen molar-refractivity contribution in [2.45, 2.75) is 44.1 Å². The summed E-state index contributed by atoms with van der Waals surface area (Å²) in [5, 5.41) is 9.97. The molecule has 6 rings (SSSR count). The first-order valence-electron chi connectivity index (χ1n) is 12.9. The molecule has 3 aromatic heterocycles. The fourth-order valence-corrected chi connectivity index (χ4v) is 6.74. The van der Waals surface area contributed by atoms with Gasteiger partial charge in [0.25, 0.3) is 12.0 Å². The number of pyridine rings is 1. The van der Waals surface area contributed by atoms with E-state index in [1.165, 1.54) is 11.1 Å². The van der Waals surface area contributed by atoms with E-state index >= 15 is 0 Å². The number of aromatic amines is 1. The van der Waals surface area contributed by atoms with Gasteiger partial charge in [-0.25, -0.2) is 32.0 Å². The Morgan fingerprint density at radius 2 is 1.93 bits per heavy atom. The molecule has 13 heteroatoms. The number of para-hydroxylation sites is 1. The van der Waals surface area contributed by atoms with E-state index in [-0.39, 0.29) is 39.9 Å². The van der Waals surface area contributed by atoms with Gasteiger partial charge in [-0.2, -0.15) is 0 Å². The smallest absolute Gasteiger partial charge is 0.326 e. The van der Waals surface area contributed by atoms with Crippen molar-refractivity contribution in [3.8, 4) is 12.3 Å². The first-order valence-corrected chi connectivity index (χ1v) is 14.8. The lowest BCUT2D eigenvalue weighted by molar-refractivity contribution is -0.138. The zero-order valence-corrected chi connectivity index (χ0v) is 22.5. The standard InChI is InChI=1S/C16H13F2N3O3.C12H13NO3S/c17-13(18)14-19-11-8-4-1-2-6-10(8)24-12(11)15(20-14)21-7-3-5-9(21)16(22)23;1-2-9-7-11(12(14)13-8-9)10-3-5-17(15,16)6-4-10/h1-2,4,6,9,13H,3,5,7H2,(H,22,23);1,7-8,10H,3-6H2,(H,13,14)/t9-;/m0./s1. The second-order valence-electron chi connectivity index (χ2n) is 9.91. The van der Waals surface area contributed by atoms with Crippen LogP contribution in [0.3, 0.4) is 0 Å². The Hall–Kier alpha value is -4.31. The summed E-state index contributed by atoms with van der Waals surface area (Å²) in [7, 11) is -2.90. The van der Waals surface area contributed by atoms with Crippen molar-refractivity contribution < 1.29 is 31.5 Å². The van der Waals surface area contributed by atoms with Crippen LogP contribution in [0.2, 0.25) is 0 Å². The number of rotatable bonds is 4. The number of fused-ring (bicyclic) bond motifs is 3. The second kappa shape index (κ2) is 11.3. The van der Waals surface area contributed by atoms with Gasteiger partial charge in [0.15, 0.2) is 17.2 Å². The summed E-state index contributed by atoms with van der Waals surface area (Å²) in [4.78, 5) is 35.1. The average Bonchev–Trinajstić information content (AvgIpc) is 3.59. The number of H-pyrrole nitrogens is 1. The molecule has 2 N–H and O–H groups in total. The van der Waals surface area contributed by atoms with Crippen LogP contribution < -0.4 is 10.5 Å². The van der Waals surface area contributed by atoms with E-state index in [4.69, 9.17) is 10.8 Å². The number of halogens is 2. The number of nitrogens with one attached hydrogen (secondary N) is 1. The average molecular weight is 585 g/mol. The van der Waals surface area contributed by atoms with Crippen LogP contribution in [-0.4, -0.2) is 58.5 Å². The molecule has 0 bridgehead atoms. The predicted octanol–water partition coefficient (Wildman–Crippen LogP) is 4.02. The Morgan fingerprint density at radius 3 is 2.61 bits per heavy atom. The molecule has 0 amide bonds. The lowest BCUT2D eigenvalue weighted by Crippen LogP contribution is -2.36. The van der Waals surface area contributed by atoms with Crippen LogP contribution in [0.1, 0.15) is 55.0 Å². The van der Waals surface area contributed by atoms with Crippen LogP contribution in [-0.2, 0) is 14.6 Å². The van der Waals surface area contributed by atoms with Crippen LogP contribution in [0.5, 0.6) is 0 Å². The van der Waals surface area contributed by atoms with Crippen LogP contribution in [0.4, 0.5) is 14.6 Å². The number of alkyl halides is 2. The molecule has 0 aliphatic carbocycles. The largest absolute Gasteiger partial charge is 0.480 e. The van der Waals surface area contributed by atoms with E-state index in [0.29, 0.717) is 54.3 Å². The first-order chi connectivity index (χ1) is 19.6. The van der Waals surface area contributed by atoms with Gasteiger partial charge in [0.1, 0.15) is 27.0 Å². The fourth-order valence-electron chi connectivity index (χ4n) is 5.25. The number of carbonyl (C=O) groups is 1. The van der Waals surface area contributed by atoms with Gasteiger partial charge in [0.2, 0.25) is 0 Å². The first kappa shape index (κ1) is 28.2. The van der Waals surface area contributed by atoms with E-state index in [9.17, 15) is 31.9 Å². The number of sulfone groups is 1. The van der Waals surface area contributed by atoms with Crippen molar-refractivity contribution in [1.82, 2.24) is 15.0 Å². The van der Waals surface area contributed by atoms with Crippen molar-refractivity contribution in [3.63, 3.8) is 0 Å². The Morgan fingerprint density at radius 1 is 1.20 bits per heavy atom. The number of hydrogen-bond acceptors (Lipinski definition) is 8. The summed E-state index contributed by atoms with van der Waals surface area (Å²) in [6, 6.07) is 7.84. The highest BCUT2D eigenvalue weighted by Gasteiger charge is 2.35. The van der Waals surface area contributed by atoms with E-state index < -0.39 is 34.1 Å². The monoisotopic (exact) mass is 584 g/mol. The van der Waals surface area contributed by atoms with Crippen LogP contribution in [0.15, 0.2) is 45.7 Å². The Balaban J connectivity index is 0.000000175. The summed E-state index contributed by atoms with van der Waals surface area (Å²) < 4.78 is 54.9. The van der Waals surface area contributed by atoms with Gasteiger partial charge < -0.3 is 19.4 Å². The lowest BCUT2D eigenvalue weighted by atomic mass is 9.94. The van der Waals surface area contributed by atoms with Gasteiger partial charge in [-0.1, -0.05) is 18.1 Å².